The lowest BCUT2D eigenvalue weighted by Crippen LogP contribution is -2.28. The average Bonchev–Trinajstić information content (AvgIpc) is 2.61. The molecule has 1 N–H and O–H groups in total. The van der Waals surface area contributed by atoms with E-state index in [0.29, 0.717) is 11.5 Å². The molecule has 1 aliphatic rings. The number of nitrogens with one attached hydrogen (secondary N) is 1. The first-order valence-corrected chi connectivity index (χ1v) is 6.63. The number of fused-ring (bicyclic) bond motifs is 1. The zero-order chi connectivity index (χ0) is 11.1. The van der Waals surface area contributed by atoms with Crippen molar-refractivity contribution in [2.75, 3.05) is 7.05 Å². The molecule has 2 heteroatoms. The number of hydrogen-bond acceptors (Lipinski definition) is 2. The minimum absolute atomic E-state index is 0.299. The van der Waals surface area contributed by atoms with Gasteiger partial charge in [-0.3, -0.25) is 0 Å². The van der Waals surface area contributed by atoms with Crippen molar-refractivity contribution in [1.29, 1.82) is 0 Å². The highest BCUT2D eigenvalue weighted by Gasteiger charge is 2.27. The highest BCUT2D eigenvalue weighted by Crippen LogP contribution is 2.40. The second-order valence-electron chi connectivity index (χ2n) is 5.54. The van der Waals surface area contributed by atoms with Crippen LogP contribution in [0.3, 0.4) is 0 Å². The molecule has 1 aromatic heterocycles. The standard InChI is InChI=1S/C13H21NS/c1-13(2,3)12(14-4)11-8-9-6-5-7-10(9)15-11/h8,12,14H,5-7H2,1-4H3. The summed E-state index contributed by atoms with van der Waals surface area (Å²) in [6.45, 7) is 6.91. The van der Waals surface area contributed by atoms with Gasteiger partial charge in [0.2, 0.25) is 0 Å². The Hall–Kier alpha value is -0.340. The quantitative estimate of drug-likeness (QED) is 0.808. The molecule has 0 bridgehead atoms. The third-order valence-corrected chi connectivity index (χ3v) is 4.51. The van der Waals surface area contributed by atoms with Crippen LogP contribution in [0.5, 0.6) is 0 Å². The van der Waals surface area contributed by atoms with E-state index in [-0.39, 0.29) is 0 Å². The van der Waals surface area contributed by atoms with Gasteiger partial charge >= 0.3 is 0 Å². The molecule has 1 nitrogen and oxygen atoms in total. The molecule has 0 radical (unpaired) electrons. The second kappa shape index (κ2) is 3.91. The Morgan fingerprint density at radius 3 is 2.60 bits per heavy atom. The Balaban J connectivity index is 2.28. The Morgan fingerprint density at radius 2 is 2.07 bits per heavy atom. The van der Waals surface area contributed by atoms with Crippen molar-refractivity contribution in [1.82, 2.24) is 5.32 Å². The van der Waals surface area contributed by atoms with Gasteiger partial charge in [0.1, 0.15) is 0 Å². The molecular weight excluding hydrogens is 202 g/mol. The molecule has 1 atom stereocenters. The van der Waals surface area contributed by atoms with E-state index < -0.39 is 0 Å². The van der Waals surface area contributed by atoms with Crippen LogP contribution in [0.15, 0.2) is 6.07 Å². The van der Waals surface area contributed by atoms with Gasteiger partial charge in [0.15, 0.2) is 0 Å². The molecule has 0 aromatic carbocycles. The number of aryl methyl sites for hydroxylation is 2. The van der Waals surface area contributed by atoms with Crippen LogP contribution < -0.4 is 5.32 Å². The van der Waals surface area contributed by atoms with Crippen LogP contribution >= 0.6 is 11.3 Å². The van der Waals surface area contributed by atoms with Crippen molar-refractivity contribution in [2.24, 2.45) is 5.41 Å². The molecule has 0 saturated heterocycles. The molecule has 1 aromatic rings. The maximum absolute atomic E-state index is 3.46. The molecule has 15 heavy (non-hydrogen) atoms. The highest BCUT2D eigenvalue weighted by molar-refractivity contribution is 7.12. The van der Waals surface area contributed by atoms with Gasteiger partial charge in [-0.2, -0.15) is 0 Å². The first-order valence-electron chi connectivity index (χ1n) is 5.81. The van der Waals surface area contributed by atoms with Gasteiger partial charge in [0.25, 0.3) is 0 Å². The third kappa shape index (κ3) is 2.11. The minimum atomic E-state index is 0.299. The SMILES string of the molecule is CNC(c1cc2c(s1)CCC2)C(C)(C)C. The summed E-state index contributed by atoms with van der Waals surface area (Å²) < 4.78 is 0. The highest BCUT2D eigenvalue weighted by atomic mass is 32.1. The van der Waals surface area contributed by atoms with E-state index in [2.05, 4.69) is 39.2 Å². The van der Waals surface area contributed by atoms with Gasteiger partial charge in [-0.15, -0.1) is 11.3 Å². The van der Waals surface area contributed by atoms with Crippen LogP contribution in [0.4, 0.5) is 0 Å². The fraction of sp³-hybridized carbons (Fsp3) is 0.692. The lowest BCUT2D eigenvalue weighted by molar-refractivity contribution is 0.291. The zero-order valence-electron chi connectivity index (χ0n) is 10.2. The molecule has 0 fully saturated rings. The summed E-state index contributed by atoms with van der Waals surface area (Å²) in [7, 11) is 2.07. The summed E-state index contributed by atoms with van der Waals surface area (Å²) in [4.78, 5) is 3.16. The van der Waals surface area contributed by atoms with Gasteiger partial charge in [0.05, 0.1) is 0 Å². The van der Waals surface area contributed by atoms with Crippen LogP contribution in [0.2, 0.25) is 0 Å². The Labute approximate surface area is 96.9 Å². The van der Waals surface area contributed by atoms with Gasteiger partial charge in [-0.1, -0.05) is 20.8 Å². The number of thiophene rings is 1. The molecule has 1 aliphatic carbocycles. The first kappa shape index (κ1) is 11.2. The molecule has 0 spiro atoms. The molecule has 2 rings (SSSR count). The summed E-state index contributed by atoms with van der Waals surface area (Å²) in [5.41, 5.74) is 1.91. The monoisotopic (exact) mass is 223 g/mol. The van der Waals surface area contributed by atoms with E-state index in [1.807, 2.05) is 11.3 Å². The van der Waals surface area contributed by atoms with E-state index >= 15 is 0 Å². The molecule has 0 aliphatic heterocycles. The number of rotatable bonds is 2. The van der Waals surface area contributed by atoms with E-state index in [4.69, 9.17) is 0 Å². The minimum Gasteiger partial charge on any atom is -0.312 e. The summed E-state index contributed by atoms with van der Waals surface area (Å²) in [6.07, 6.45) is 3.97. The fourth-order valence-electron chi connectivity index (χ4n) is 2.50. The van der Waals surface area contributed by atoms with E-state index in [1.165, 1.54) is 24.1 Å². The Kier molecular flexibility index (Phi) is 2.91. The van der Waals surface area contributed by atoms with Gasteiger partial charge in [-0.05, 0) is 43.4 Å². The molecule has 1 unspecified atom stereocenters. The first-order chi connectivity index (χ1) is 7.02. The predicted molar refractivity (Wildman–Crippen MR) is 67.6 cm³/mol. The largest absolute Gasteiger partial charge is 0.312 e. The Morgan fingerprint density at radius 1 is 1.33 bits per heavy atom. The van der Waals surface area contributed by atoms with E-state index in [9.17, 15) is 0 Å². The predicted octanol–water partition coefficient (Wildman–Crippen LogP) is 3.54. The molecule has 0 saturated carbocycles. The van der Waals surface area contributed by atoms with Crippen LogP contribution in [-0.4, -0.2) is 7.05 Å². The van der Waals surface area contributed by atoms with Crippen molar-refractivity contribution < 1.29 is 0 Å². The van der Waals surface area contributed by atoms with Crippen LogP contribution in [-0.2, 0) is 12.8 Å². The van der Waals surface area contributed by atoms with Gasteiger partial charge < -0.3 is 5.32 Å². The fourth-order valence-corrected chi connectivity index (χ4v) is 4.11. The average molecular weight is 223 g/mol. The van der Waals surface area contributed by atoms with Crippen molar-refractivity contribution in [3.63, 3.8) is 0 Å². The molecule has 1 heterocycles. The third-order valence-electron chi connectivity index (χ3n) is 3.20. The smallest absolute Gasteiger partial charge is 0.0461 e. The van der Waals surface area contributed by atoms with Crippen molar-refractivity contribution in [3.05, 3.63) is 21.4 Å². The molecular formula is C13H21NS. The van der Waals surface area contributed by atoms with Crippen molar-refractivity contribution >= 4 is 11.3 Å². The lowest BCUT2D eigenvalue weighted by Gasteiger charge is -2.29. The summed E-state index contributed by atoms with van der Waals surface area (Å²) in [6, 6.07) is 2.92. The Bertz CT molecular complexity index is 324. The topological polar surface area (TPSA) is 12.0 Å². The van der Waals surface area contributed by atoms with Gasteiger partial charge in [-0.25, -0.2) is 0 Å². The van der Waals surface area contributed by atoms with Crippen LogP contribution in [0, 0.1) is 5.41 Å². The molecule has 84 valence electrons. The summed E-state index contributed by atoms with van der Waals surface area (Å²) in [5.74, 6) is 0. The van der Waals surface area contributed by atoms with Gasteiger partial charge in [0, 0.05) is 15.8 Å². The summed E-state index contributed by atoms with van der Waals surface area (Å²) in [5, 5.41) is 3.46. The summed E-state index contributed by atoms with van der Waals surface area (Å²) >= 11 is 2.02. The van der Waals surface area contributed by atoms with Crippen molar-refractivity contribution in [2.45, 2.75) is 46.1 Å². The normalized spacial score (nSPS) is 17.9. The molecule has 0 amide bonds. The van der Waals surface area contributed by atoms with Crippen LogP contribution in [0.25, 0.3) is 0 Å². The van der Waals surface area contributed by atoms with Crippen molar-refractivity contribution in [3.8, 4) is 0 Å². The maximum Gasteiger partial charge on any atom is 0.0461 e. The zero-order valence-corrected chi connectivity index (χ0v) is 11.0. The second-order valence-corrected chi connectivity index (χ2v) is 6.71. The van der Waals surface area contributed by atoms with E-state index in [1.54, 1.807) is 10.4 Å². The lowest BCUT2D eigenvalue weighted by atomic mass is 9.86. The van der Waals surface area contributed by atoms with E-state index in [0.717, 1.165) is 0 Å². The number of hydrogen-bond donors (Lipinski definition) is 1. The maximum atomic E-state index is 3.46. The van der Waals surface area contributed by atoms with Crippen LogP contribution in [0.1, 0.15) is 48.6 Å².